The van der Waals surface area contributed by atoms with E-state index in [1.165, 1.54) is 42.6 Å². The zero-order valence-corrected chi connectivity index (χ0v) is 8.21. The number of nitrogens with zero attached hydrogens (tertiary/aromatic N) is 2. The van der Waals surface area contributed by atoms with Crippen LogP contribution < -0.4 is 5.73 Å². The van der Waals surface area contributed by atoms with Gasteiger partial charge in [0.2, 0.25) is 0 Å². The fourth-order valence-electron chi connectivity index (χ4n) is 2.18. The highest BCUT2D eigenvalue weighted by atomic mass is 15.3. The van der Waals surface area contributed by atoms with E-state index in [4.69, 9.17) is 5.73 Å². The van der Waals surface area contributed by atoms with Crippen LogP contribution >= 0.6 is 0 Å². The molecule has 0 radical (unpaired) electrons. The van der Waals surface area contributed by atoms with Gasteiger partial charge in [-0.15, -0.1) is 0 Å². The first-order chi connectivity index (χ1) is 6.33. The maximum Gasteiger partial charge on any atom is 0.0659 e. The largest absolute Gasteiger partial charge is 0.325 e. The molecular weight excluding hydrogens is 162 g/mol. The van der Waals surface area contributed by atoms with Gasteiger partial charge in [0.1, 0.15) is 0 Å². The number of rotatable bonds is 1. The molecule has 0 atom stereocenters. The first-order valence-corrected chi connectivity index (χ1v) is 5.06. The summed E-state index contributed by atoms with van der Waals surface area (Å²) in [5.74, 6) is 0. The summed E-state index contributed by atoms with van der Waals surface area (Å²) < 4.78 is 1.95. The second-order valence-corrected chi connectivity index (χ2v) is 3.76. The molecule has 1 aliphatic rings. The normalized spacial score (nSPS) is 16.8. The fourth-order valence-corrected chi connectivity index (χ4v) is 2.18. The van der Waals surface area contributed by atoms with Gasteiger partial charge in [-0.05, 0) is 31.2 Å². The third-order valence-corrected chi connectivity index (χ3v) is 2.89. The summed E-state index contributed by atoms with van der Waals surface area (Å²) in [6.45, 7) is 0.624. The van der Waals surface area contributed by atoms with E-state index in [1.807, 2.05) is 11.7 Å². The second-order valence-electron chi connectivity index (χ2n) is 3.76. The highest BCUT2D eigenvalue weighted by Gasteiger charge is 2.16. The van der Waals surface area contributed by atoms with Gasteiger partial charge in [0.05, 0.1) is 11.4 Å². The van der Waals surface area contributed by atoms with Gasteiger partial charge < -0.3 is 5.73 Å². The lowest BCUT2D eigenvalue weighted by Gasteiger charge is -2.01. The molecule has 1 heterocycles. The Morgan fingerprint density at radius 3 is 2.85 bits per heavy atom. The van der Waals surface area contributed by atoms with E-state index in [9.17, 15) is 0 Å². The van der Waals surface area contributed by atoms with Crippen molar-refractivity contribution >= 4 is 0 Å². The molecule has 1 aliphatic carbocycles. The van der Waals surface area contributed by atoms with Crippen molar-refractivity contribution < 1.29 is 0 Å². The van der Waals surface area contributed by atoms with E-state index >= 15 is 0 Å². The molecule has 2 rings (SSSR count). The lowest BCUT2D eigenvalue weighted by molar-refractivity contribution is 0.656. The average Bonchev–Trinajstić information content (AvgIpc) is 2.32. The third-order valence-electron chi connectivity index (χ3n) is 2.89. The van der Waals surface area contributed by atoms with Gasteiger partial charge in [-0.2, -0.15) is 5.10 Å². The first-order valence-electron chi connectivity index (χ1n) is 5.06. The molecule has 0 aliphatic heterocycles. The molecule has 3 heteroatoms. The van der Waals surface area contributed by atoms with Crippen molar-refractivity contribution in [1.82, 2.24) is 9.78 Å². The predicted octanol–water partition coefficient (Wildman–Crippen LogP) is 1.15. The van der Waals surface area contributed by atoms with Gasteiger partial charge in [0, 0.05) is 13.6 Å². The molecule has 13 heavy (non-hydrogen) atoms. The van der Waals surface area contributed by atoms with Gasteiger partial charge in [-0.3, -0.25) is 4.68 Å². The van der Waals surface area contributed by atoms with Crippen LogP contribution in [0.1, 0.15) is 36.2 Å². The van der Waals surface area contributed by atoms with Crippen LogP contribution in [0.4, 0.5) is 0 Å². The minimum absolute atomic E-state index is 0.624. The summed E-state index contributed by atoms with van der Waals surface area (Å²) in [6, 6.07) is 0. The van der Waals surface area contributed by atoms with Crippen molar-refractivity contribution in [2.45, 2.75) is 38.6 Å². The Labute approximate surface area is 78.9 Å². The number of fused-ring (bicyclic) bond motifs is 1. The second kappa shape index (κ2) is 3.50. The molecule has 72 valence electrons. The lowest BCUT2D eigenvalue weighted by Crippen LogP contribution is -2.06. The number of hydrogen-bond acceptors (Lipinski definition) is 2. The van der Waals surface area contributed by atoms with Crippen LogP contribution in [0.25, 0.3) is 0 Å². The number of hydrogen-bond donors (Lipinski definition) is 1. The van der Waals surface area contributed by atoms with Crippen LogP contribution in [0.2, 0.25) is 0 Å². The molecule has 2 N–H and O–H groups in total. The van der Waals surface area contributed by atoms with Crippen LogP contribution in [0.15, 0.2) is 0 Å². The van der Waals surface area contributed by atoms with Gasteiger partial charge in [0.15, 0.2) is 0 Å². The highest BCUT2D eigenvalue weighted by Crippen LogP contribution is 2.22. The molecule has 0 bridgehead atoms. The molecule has 0 saturated carbocycles. The van der Waals surface area contributed by atoms with Crippen LogP contribution in [0.5, 0.6) is 0 Å². The van der Waals surface area contributed by atoms with Crippen LogP contribution in [0.3, 0.4) is 0 Å². The summed E-state index contributed by atoms with van der Waals surface area (Å²) in [5, 5.41) is 4.52. The standard InChI is InChI=1S/C10H17N3/c1-13-10(7-11)8-5-3-2-4-6-9(8)12-13/h2-7,11H2,1H3. The summed E-state index contributed by atoms with van der Waals surface area (Å²) >= 11 is 0. The van der Waals surface area contributed by atoms with E-state index in [2.05, 4.69) is 5.10 Å². The van der Waals surface area contributed by atoms with Crippen molar-refractivity contribution in [3.63, 3.8) is 0 Å². The highest BCUT2D eigenvalue weighted by molar-refractivity contribution is 5.27. The zero-order valence-electron chi connectivity index (χ0n) is 8.21. The number of nitrogens with two attached hydrogens (primary N) is 1. The Morgan fingerprint density at radius 2 is 2.08 bits per heavy atom. The maximum absolute atomic E-state index is 5.71. The smallest absolute Gasteiger partial charge is 0.0659 e. The lowest BCUT2D eigenvalue weighted by atomic mass is 10.1. The molecule has 0 amide bonds. The van der Waals surface area contributed by atoms with Crippen LogP contribution in [0, 0.1) is 0 Å². The topological polar surface area (TPSA) is 43.8 Å². The summed E-state index contributed by atoms with van der Waals surface area (Å²) in [4.78, 5) is 0. The van der Waals surface area contributed by atoms with E-state index in [1.54, 1.807) is 0 Å². The van der Waals surface area contributed by atoms with Gasteiger partial charge in [-0.25, -0.2) is 0 Å². The molecule has 3 nitrogen and oxygen atoms in total. The monoisotopic (exact) mass is 179 g/mol. The van der Waals surface area contributed by atoms with Gasteiger partial charge >= 0.3 is 0 Å². The molecule has 1 aromatic heterocycles. The van der Waals surface area contributed by atoms with Crippen molar-refractivity contribution in [2.75, 3.05) is 0 Å². The van der Waals surface area contributed by atoms with Gasteiger partial charge in [0.25, 0.3) is 0 Å². The van der Waals surface area contributed by atoms with Crippen molar-refractivity contribution in [3.05, 3.63) is 17.0 Å². The summed E-state index contributed by atoms with van der Waals surface area (Å²) in [7, 11) is 2.00. The molecule has 0 saturated heterocycles. The minimum atomic E-state index is 0.624. The van der Waals surface area contributed by atoms with E-state index in [-0.39, 0.29) is 0 Å². The van der Waals surface area contributed by atoms with E-state index in [0.29, 0.717) is 6.54 Å². The SMILES string of the molecule is Cn1nc2c(c1CN)CCCCC2. The Morgan fingerprint density at radius 1 is 1.31 bits per heavy atom. The van der Waals surface area contributed by atoms with Crippen LogP contribution in [-0.4, -0.2) is 9.78 Å². The van der Waals surface area contributed by atoms with Crippen LogP contribution in [-0.2, 0) is 26.4 Å². The number of aryl methyl sites for hydroxylation is 2. The van der Waals surface area contributed by atoms with E-state index in [0.717, 1.165) is 6.42 Å². The molecule has 0 spiro atoms. The zero-order chi connectivity index (χ0) is 9.26. The molecule has 1 aromatic rings. The summed E-state index contributed by atoms with van der Waals surface area (Å²) in [5.41, 5.74) is 9.67. The Hall–Kier alpha value is -0.830. The Balaban J connectivity index is 2.41. The Kier molecular flexibility index (Phi) is 2.36. The quantitative estimate of drug-likeness (QED) is 0.657. The van der Waals surface area contributed by atoms with E-state index < -0.39 is 0 Å². The average molecular weight is 179 g/mol. The maximum atomic E-state index is 5.71. The molecule has 0 unspecified atom stereocenters. The fraction of sp³-hybridized carbons (Fsp3) is 0.700. The van der Waals surface area contributed by atoms with Gasteiger partial charge in [-0.1, -0.05) is 6.42 Å². The minimum Gasteiger partial charge on any atom is -0.325 e. The van der Waals surface area contributed by atoms with Crippen molar-refractivity contribution in [2.24, 2.45) is 12.8 Å². The predicted molar refractivity (Wildman–Crippen MR) is 52.4 cm³/mol. The van der Waals surface area contributed by atoms with Crippen molar-refractivity contribution in [1.29, 1.82) is 0 Å². The third kappa shape index (κ3) is 1.48. The molecule has 0 aromatic carbocycles. The number of aromatic nitrogens is 2. The summed E-state index contributed by atoms with van der Waals surface area (Å²) in [6.07, 6.45) is 6.24. The Bertz CT molecular complexity index is 301. The van der Waals surface area contributed by atoms with Crippen molar-refractivity contribution in [3.8, 4) is 0 Å². The first kappa shape index (κ1) is 8.75. The molecular formula is C10H17N3. The molecule has 0 fully saturated rings.